The topological polar surface area (TPSA) is 0 Å². The molecule has 4 saturated carbocycles. The summed E-state index contributed by atoms with van der Waals surface area (Å²) >= 11 is -1.76. The Labute approximate surface area is 242 Å². The Hall–Kier alpha value is -0.916. The molecule has 0 N–H and O–H groups in total. The zero-order chi connectivity index (χ0) is 23.8. The van der Waals surface area contributed by atoms with Gasteiger partial charge in [-0.1, -0.05) is 0 Å². The number of halogens is 2. The van der Waals surface area contributed by atoms with Crippen molar-refractivity contribution in [2.45, 2.75) is 82.3 Å². The fourth-order valence-corrected chi connectivity index (χ4v) is 15.1. The van der Waals surface area contributed by atoms with Crippen LogP contribution >= 0.6 is 0 Å². The van der Waals surface area contributed by atoms with E-state index in [1.54, 1.807) is 28.7 Å². The van der Waals surface area contributed by atoms with Crippen molar-refractivity contribution in [3.8, 4) is 11.1 Å². The smallest absolute Gasteiger partial charge is 1.00 e. The third-order valence-corrected chi connectivity index (χ3v) is 15.9. The fourth-order valence-electron chi connectivity index (χ4n) is 8.64. The molecule has 0 saturated heterocycles. The van der Waals surface area contributed by atoms with Gasteiger partial charge in [-0.05, 0) is 0 Å². The van der Waals surface area contributed by atoms with Crippen molar-refractivity contribution in [2.24, 2.45) is 23.7 Å². The van der Waals surface area contributed by atoms with Crippen LogP contribution in [0.1, 0.15) is 105 Å². The van der Waals surface area contributed by atoms with Crippen LogP contribution in [-0.4, -0.2) is 3.81 Å². The summed E-state index contributed by atoms with van der Waals surface area (Å²) in [6.45, 7) is 9.46. The van der Waals surface area contributed by atoms with Crippen molar-refractivity contribution in [3.63, 3.8) is 0 Å². The third kappa shape index (κ3) is 4.53. The summed E-state index contributed by atoms with van der Waals surface area (Å²) in [4.78, 5) is 0. The number of hydrogen-bond acceptors (Lipinski definition) is 0. The maximum atomic E-state index is 2.65. The van der Waals surface area contributed by atoms with Crippen LogP contribution in [0.5, 0.6) is 0 Å². The van der Waals surface area contributed by atoms with Crippen LogP contribution in [0.25, 0.3) is 11.1 Å². The molecule has 8 rings (SSSR count). The number of hydrogen-bond donors (Lipinski definition) is 0. The first-order chi connectivity index (χ1) is 17.0. The van der Waals surface area contributed by atoms with Crippen LogP contribution in [-0.2, 0) is 17.4 Å². The molecular formula is C34H40Cl2Ti. The van der Waals surface area contributed by atoms with E-state index in [4.69, 9.17) is 0 Å². The molecule has 0 nitrogen and oxygen atoms in total. The zero-order valence-corrected chi connectivity index (χ0v) is 25.8. The number of benzene rings is 2. The van der Waals surface area contributed by atoms with Crippen LogP contribution in [0.3, 0.4) is 0 Å². The van der Waals surface area contributed by atoms with E-state index in [1.807, 2.05) is 3.88 Å². The average molecular weight is 567 g/mol. The monoisotopic (exact) mass is 566 g/mol. The molecule has 0 unspecified atom stereocenters. The minimum Gasteiger partial charge on any atom is -1.00 e. The van der Waals surface area contributed by atoms with Crippen LogP contribution in [0.15, 0.2) is 58.5 Å². The summed E-state index contributed by atoms with van der Waals surface area (Å²) in [6, 6.07) is 15.1. The molecule has 3 heteroatoms. The van der Waals surface area contributed by atoms with Gasteiger partial charge in [0.1, 0.15) is 0 Å². The molecule has 0 aliphatic heterocycles. The normalized spacial score (nSPS) is 26.5. The Balaban J connectivity index is 0.00000140. The van der Waals surface area contributed by atoms with Crippen molar-refractivity contribution < 1.29 is 42.2 Å². The Kier molecular flexibility index (Phi) is 7.90. The molecule has 4 fully saturated rings. The van der Waals surface area contributed by atoms with E-state index >= 15 is 0 Å². The van der Waals surface area contributed by atoms with Crippen LogP contribution in [0.2, 0.25) is 0 Å². The van der Waals surface area contributed by atoms with Gasteiger partial charge in [-0.15, -0.1) is 0 Å². The second kappa shape index (κ2) is 10.6. The minimum atomic E-state index is -1.76. The SMILES string of the molecule is CC(C)c1ccc2c(c1)[CH]([Ti+2]([C]1=CC=CC1)=[C]1C3CC4CC(C3)CC1C4)c1cc(C(C)C)ccc1-2.[Cl-].[Cl-]. The third-order valence-electron chi connectivity index (χ3n) is 10.1. The van der Waals surface area contributed by atoms with Gasteiger partial charge in [0.15, 0.2) is 0 Å². The van der Waals surface area contributed by atoms with Gasteiger partial charge in [0, 0.05) is 0 Å². The predicted molar refractivity (Wildman–Crippen MR) is 146 cm³/mol. The molecule has 6 aliphatic carbocycles. The van der Waals surface area contributed by atoms with E-state index in [9.17, 15) is 0 Å². The molecule has 6 aliphatic rings. The second-order valence-corrected chi connectivity index (χ2v) is 17.0. The molecule has 0 amide bonds. The molecule has 0 aromatic heterocycles. The number of allylic oxidation sites excluding steroid dienone is 4. The van der Waals surface area contributed by atoms with E-state index in [2.05, 4.69) is 86.1 Å². The average Bonchev–Trinajstić information content (AvgIpc) is 3.47. The molecule has 37 heavy (non-hydrogen) atoms. The van der Waals surface area contributed by atoms with Gasteiger partial charge in [0.05, 0.1) is 0 Å². The molecule has 0 radical (unpaired) electrons. The molecule has 2 aromatic rings. The van der Waals surface area contributed by atoms with Crippen molar-refractivity contribution in [1.29, 1.82) is 0 Å². The Morgan fingerprint density at radius 3 is 1.65 bits per heavy atom. The Morgan fingerprint density at radius 1 is 0.703 bits per heavy atom. The minimum absolute atomic E-state index is 0. The summed E-state index contributed by atoms with van der Waals surface area (Å²) in [5.41, 5.74) is 9.53. The molecule has 0 spiro atoms. The van der Waals surface area contributed by atoms with Crippen LogP contribution < -0.4 is 24.8 Å². The molecule has 2 aromatic carbocycles. The molecule has 4 bridgehead atoms. The van der Waals surface area contributed by atoms with E-state index in [-0.39, 0.29) is 24.8 Å². The largest absolute Gasteiger partial charge is 1.00 e. The van der Waals surface area contributed by atoms with Gasteiger partial charge in [-0.2, -0.15) is 0 Å². The standard InChI is InChI=1S/C19H21.C10H14.C5H5.2ClH.Ti/c1-12(2)14-5-7-18-16(9-14)11-17-10-15(13(3)4)6-8-19(17)18;1-7-2-9-4-8(1)5-10(3-7)6-9;1-2-4-5-3-1;;;/h5-13H,1-4H3;7-10H,1-5H2;1-3H,4H2;2*1H;/q;;;;;+2/p-2. The summed E-state index contributed by atoms with van der Waals surface area (Å²) in [5, 5.41) is 0. The van der Waals surface area contributed by atoms with Crippen molar-refractivity contribution in [3.05, 3.63) is 80.8 Å². The molecule has 194 valence electrons. The van der Waals surface area contributed by atoms with Gasteiger partial charge in [-0.25, -0.2) is 0 Å². The number of rotatable bonds is 4. The Morgan fingerprint density at radius 2 is 1.22 bits per heavy atom. The van der Waals surface area contributed by atoms with E-state index in [1.165, 1.54) is 43.2 Å². The first-order valence-corrected chi connectivity index (χ1v) is 16.8. The maximum Gasteiger partial charge on any atom is -1.00 e. The van der Waals surface area contributed by atoms with E-state index in [0.29, 0.717) is 16.1 Å². The van der Waals surface area contributed by atoms with Gasteiger partial charge in [-0.3, -0.25) is 0 Å². The summed E-state index contributed by atoms with van der Waals surface area (Å²) in [7, 11) is 0. The fraction of sp³-hybridized carbons (Fsp3) is 0.500. The quantitative estimate of drug-likeness (QED) is 0.499. The van der Waals surface area contributed by atoms with Crippen molar-refractivity contribution in [2.75, 3.05) is 0 Å². The first kappa shape index (κ1) is 27.6. The zero-order valence-electron chi connectivity index (χ0n) is 22.7. The van der Waals surface area contributed by atoms with Gasteiger partial charge in [0.2, 0.25) is 0 Å². The molecule has 0 atom stereocenters. The number of fused-ring (bicyclic) bond motifs is 3. The summed E-state index contributed by atoms with van der Waals surface area (Å²) in [6.07, 6.45) is 16.2. The van der Waals surface area contributed by atoms with Crippen molar-refractivity contribution in [1.82, 2.24) is 0 Å². The van der Waals surface area contributed by atoms with Crippen molar-refractivity contribution >= 4 is 3.81 Å². The van der Waals surface area contributed by atoms with Gasteiger partial charge < -0.3 is 24.8 Å². The molecular weight excluding hydrogens is 527 g/mol. The molecule has 0 heterocycles. The van der Waals surface area contributed by atoms with Gasteiger partial charge >= 0.3 is 219 Å². The maximum absolute atomic E-state index is 2.65. The Bertz CT molecular complexity index is 1210. The van der Waals surface area contributed by atoms with Crippen LogP contribution in [0.4, 0.5) is 0 Å². The first-order valence-electron chi connectivity index (χ1n) is 14.4. The predicted octanol–water partition coefficient (Wildman–Crippen LogP) is 3.10. The second-order valence-electron chi connectivity index (χ2n) is 12.9. The van der Waals surface area contributed by atoms with Gasteiger partial charge in [0.25, 0.3) is 0 Å². The van der Waals surface area contributed by atoms with E-state index in [0.717, 1.165) is 23.7 Å². The van der Waals surface area contributed by atoms with E-state index < -0.39 is 17.4 Å². The summed E-state index contributed by atoms with van der Waals surface area (Å²) < 4.78 is 4.65. The van der Waals surface area contributed by atoms with Crippen LogP contribution in [0, 0.1) is 23.7 Å². The summed E-state index contributed by atoms with van der Waals surface area (Å²) in [5.74, 6) is 5.13.